The number of hydrogen-bond acceptors (Lipinski definition) is 5. The number of carbonyl (C=O) groups is 2. The van der Waals surface area contributed by atoms with Crippen LogP contribution in [0.25, 0.3) is 11.3 Å². The summed E-state index contributed by atoms with van der Waals surface area (Å²) in [6.07, 6.45) is 3.75. The third kappa shape index (κ3) is 5.77. The van der Waals surface area contributed by atoms with Crippen molar-refractivity contribution >= 4 is 33.7 Å². The quantitative estimate of drug-likeness (QED) is 0.443. The van der Waals surface area contributed by atoms with Crippen molar-refractivity contribution in [1.29, 1.82) is 0 Å². The van der Waals surface area contributed by atoms with E-state index in [-0.39, 0.29) is 29.9 Å². The normalized spacial score (nSPS) is 18.6. The summed E-state index contributed by atoms with van der Waals surface area (Å²) in [6, 6.07) is 9.25. The number of benzene rings is 1. The Morgan fingerprint density at radius 3 is 2.45 bits per heavy atom. The maximum absolute atomic E-state index is 13.5. The van der Waals surface area contributed by atoms with Crippen LogP contribution in [0.3, 0.4) is 0 Å². The number of furan rings is 1. The molecule has 1 heterocycles. The molecule has 168 valence electrons. The highest BCUT2D eigenvalue weighted by Crippen LogP contribution is 2.36. The Bertz CT molecular complexity index is 884. The molecule has 0 spiro atoms. The lowest BCUT2D eigenvalue weighted by Gasteiger charge is -2.30. The molecule has 2 aromatic rings. The third-order valence-corrected chi connectivity index (χ3v) is 6.26. The van der Waals surface area contributed by atoms with Crippen molar-refractivity contribution < 1.29 is 23.5 Å². The molecule has 0 N–H and O–H groups in total. The zero-order valence-corrected chi connectivity index (χ0v) is 19.9. The topological polar surface area (TPSA) is 69.0 Å². The molecular weight excluding hydrogens is 462 g/mol. The van der Waals surface area contributed by atoms with Gasteiger partial charge >= 0.3 is 5.97 Å². The third-order valence-electron chi connectivity index (χ3n) is 5.73. The maximum Gasteiger partial charge on any atom is 0.343 e. The highest BCUT2D eigenvalue weighted by atomic mass is 79.9. The summed E-state index contributed by atoms with van der Waals surface area (Å²) in [5.74, 6) is 0.780. The number of esters is 1. The molecule has 1 aliphatic rings. The van der Waals surface area contributed by atoms with Gasteiger partial charge in [0.05, 0.1) is 19.8 Å². The summed E-state index contributed by atoms with van der Waals surface area (Å²) in [5.41, 5.74) is 1.07. The van der Waals surface area contributed by atoms with Gasteiger partial charge in [-0.25, -0.2) is 4.79 Å². The van der Waals surface area contributed by atoms with Crippen LogP contribution in [0.5, 0.6) is 0 Å². The van der Waals surface area contributed by atoms with E-state index in [4.69, 9.17) is 13.9 Å². The first-order valence-electron chi connectivity index (χ1n) is 10.8. The van der Waals surface area contributed by atoms with Crippen LogP contribution < -0.4 is 4.90 Å². The molecule has 0 atom stereocenters. The molecule has 31 heavy (non-hydrogen) atoms. The second kappa shape index (κ2) is 11.0. The Morgan fingerprint density at radius 2 is 1.84 bits per heavy atom. The average Bonchev–Trinajstić information content (AvgIpc) is 3.20. The molecule has 1 saturated carbocycles. The van der Waals surface area contributed by atoms with Gasteiger partial charge in [-0.05, 0) is 50.7 Å². The van der Waals surface area contributed by atoms with Crippen LogP contribution in [0.2, 0.25) is 0 Å². The second-order valence-electron chi connectivity index (χ2n) is 8.00. The van der Waals surface area contributed by atoms with Crippen molar-refractivity contribution in [1.82, 2.24) is 0 Å². The first-order valence-corrected chi connectivity index (χ1v) is 11.6. The minimum Gasteiger partial charge on any atom is -0.462 e. The summed E-state index contributed by atoms with van der Waals surface area (Å²) < 4.78 is 17.6. The molecule has 6 nitrogen and oxygen atoms in total. The SMILES string of the molecule is CCOC(=O)c1cc(-c2ccc(Br)cc2)oc1N(CCOC)C(=O)[C@H]1CC[C@H](C)CC1. The Balaban J connectivity index is 1.99. The lowest BCUT2D eigenvalue weighted by atomic mass is 9.82. The highest BCUT2D eigenvalue weighted by Gasteiger charge is 2.33. The maximum atomic E-state index is 13.5. The van der Waals surface area contributed by atoms with Crippen molar-refractivity contribution in [3.63, 3.8) is 0 Å². The van der Waals surface area contributed by atoms with Crippen LogP contribution >= 0.6 is 15.9 Å². The lowest BCUT2D eigenvalue weighted by Crippen LogP contribution is -2.40. The second-order valence-corrected chi connectivity index (χ2v) is 8.91. The van der Waals surface area contributed by atoms with E-state index in [1.807, 2.05) is 24.3 Å². The van der Waals surface area contributed by atoms with Gasteiger partial charge in [-0.1, -0.05) is 35.0 Å². The molecule has 1 fully saturated rings. The van der Waals surface area contributed by atoms with Gasteiger partial charge in [0.25, 0.3) is 0 Å². The van der Waals surface area contributed by atoms with Crippen molar-refractivity contribution in [2.45, 2.75) is 39.5 Å². The monoisotopic (exact) mass is 491 g/mol. The van der Waals surface area contributed by atoms with Gasteiger partial charge in [0.2, 0.25) is 11.8 Å². The lowest BCUT2D eigenvalue weighted by molar-refractivity contribution is -0.123. The van der Waals surface area contributed by atoms with Crippen LogP contribution in [0.15, 0.2) is 39.2 Å². The Morgan fingerprint density at radius 1 is 1.16 bits per heavy atom. The summed E-state index contributed by atoms with van der Waals surface area (Å²) in [6.45, 7) is 4.86. The summed E-state index contributed by atoms with van der Waals surface area (Å²) in [7, 11) is 1.59. The van der Waals surface area contributed by atoms with E-state index in [2.05, 4.69) is 22.9 Å². The Kier molecular flexibility index (Phi) is 8.32. The molecule has 1 amide bonds. The largest absolute Gasteiger partial charge is 0.462 e. The Labute approximate surface area is 192 Å². The highest BCUT2D eigenvalue weighted by molar-refractivity contribution is 9.10. The first kappa shape index (κ1) is 23.5. The minimum atomic E-state index is -0.503. The van der Waals surface area contributed by atoms with Crippen molar-refractivity contribution in [3.8, 4) is 11.3 Å². The Hall–Kier alpha value is -2.12. The number of methoxy groups -OCH3 is 1. The van der Waals surface area contributed by atoms with Crippen molar-refractivity contribution in [2.24, 2.45) is 11.8 Å². The number of ether oxygens (including phenoxy) is 2. The number of amides is 1. The summed E-state index contributed by atoms with van der Waals surface area (Å²) >= 11 is 3.43. The zero-order valence-electron chi connectivity index (χ0n) is 18.4. The number of anilines is 1. The molecule has 0 bridgehead atoms. The van der Waals surface area contributed by atoms with Crippen LogP contribution in [0, 0.1) is 11.8 Å². The molecule has 1 aromatic carbocycles. The van der Waals surface area contributed by atoms with Gasteiger partial charge in [-0.3, -0.25) is 9.69 Å². The molecule has 1 aliphatic carbocycles. The van der Waals surface area contributed by atoms with Gasteiger partial charge in [0.15, 0.2) is 0 Å². The standard InChI is InChI=1S/C24H30BrNO5/c1-4-30-24(28)20-15-21(17-9-11-19(25)12-10-17)31-23(20)26(13-14-29-3)22(27)18-7-5-16(2)6-8-18/h9-12,15-16,18H,4-8,13-14H2,1-3H3/t16-,18-. The number of nitrogens with zero attached hydrogens (tertiary/aromatic N) is 1. The van der Waals surface area contributed by atoms with Gasteiger partial charge in [0.1, 0.15) is 11.3 Å². The van der Waals surface area contributed by atoms with E-state index in [1.54, 1.807) is 25.0 Å². The summed E-state index contributed by atoms with van der Waals surface area (Å²) in [5, 5.41) is 0. The molecule has 7 heteroatoms. The minimum absolute atomic E-state index is 0.0220. The van der Waals surface area contributed by atoms with Gasteiger partial charge in [0, 0.05) is 29.1 Å². The first-order chi connectivity index (χ1) is 14.9. The zero-order chi connectivity index (χ0) is 22.4. The van der Waals surface area contributed by atoms with Crippen molar-refractivity contribution in [2.75, 3.05) is 31.8 Å². The number of hydrogen-bond donors (Lipinski definition) is 0. The predicted octanol–water partition coefficient (Wildman–Crippen LogP) is 5.69. The van der Waals surface area contributed by atoms with Crippen LogP contribution in [0.1, 0.15) is 49.9 Å². The van der Waals surface area contributed by atoms with Crippen LogP contribution in [-0.4, -0.2) is 38.7 Å². The number of rotatable bonds is 8. The van der Waals surface area contributed by atoms with E-state index in [9.17, 15) is 9.59 Å². The van der Waals surface area contributed by atoms with E-state index in [0.717, 1.165) is 35.7 Å². The van der Waals surface area contributed by atoms with Crippen LogP contribution in [-0.2, 0) is 14.3 Å². The van der Waals surface area contributed by atoms with E-state index >= 15 is 0 Å². The van der Waals surface area contributed by atoms with Gasteiger partial charge < -0.3 is 13.9 Å². The molecule has 1 aromatic heterocycles. The molecule has 0 saturated heterocycles. The average molecular weight is 492 g/mol. The van der Waals surface area contributed by atoms with Gasteiger partial charge in [-0.15, -0.1) is 0 Å². The fraction of sp³-hybridized carbons (Fsp3) is 0.500. The van der Waals surface area contributed by atoms with Crippen LogP contribution in [0.4, 0.5) is 5.88 Å². The van der Waals surface area contributed by atoms with E-state index < -0.39 is 5.97 Å². The smallest absolute Gasteiger partial charge is 0.343 e. The molecule has 0 aliphatic heterocycles. The molecule has 3 rings (SSSR count). The van der Waals surface area contributed by atoms with Crippen molar-refractivity contribution in [3.05, 3.63) is 40.4 Å². The fourth-order valence-corrected chi connectivity index (χ4v) is 4.18. The van der Waals surface area contributed by atoms with Gasteiger partial charge in [-0.2, -0.15) is 0 Å². The summed E-state index contributed by atoms with van der Waals surface area (Å²) in [4.78, 5) is 27.8. The fourth-order valence-electron chi connectivity index (χ4n) is 3.92. The van der Waals surface area contributed by atoms with E-state index in [1.165, 1.54) is 0 Å². The predicted molar refractivity (Wildman–Crippen MR) is 123 cm³/mol. The molecule has 0 unspecified atom stereocenters. The number of carbonyl (C=O) groups excluding carboxylic acids is 2. The van der Waals surface area contributed by atoms with E-state index in [0.29, 0.717) is 24.8 Å². The molecular formula is C24H30BrNO5. The number of halogens is 1. The molecule has 0 radical (unpaired) electrons.